The molecule has 0 aliphatic rings. The summed E-state index contributed by atoms with van der Waals surface area (Å²) < 4.78 is 15.5. The molecule has 2 amide bonds. The largest absolute Gasteiger partial charge is 0.467 e. The predicted molar refractivity (Wildman–Crippen MR) is 102 cm³/mol. The molecule has 28 heavy (non-hydrogen) atoms. The van der Waals surface area contributed by atoms with Gasteiger partial charge in [0.1, 0.15) is 11.4 Å². The van der Waals surface area contributed by atoms with E-state index in [1.807, 2.05) is 0 Å². The van der Waals surface area contributed by atoms with Crippen LogP contribution in [0.3, 0.4) is 0 Å². The number of furan rings is 1. The summed E-state index contributed by atoms with van der Waals surface area (Å²) in [6.45, 7) is 6.91. The van der Waals surface area contributed by atoms with Crippen molar-refractivity contribution in [2.45, 2.75) is 45.9 Å². The number of carbonyl (C=O) groups excluding carboxylic acids is 3. The van der Waals surface area contributed by atoms with Crippen molar-refractivity contribution < 1.29 is 28.3 Å². The predicted octanol–water partition coefficient (Wildman–Crippen LogP) is 3.49. The Labute approximate surface area is 163 Å². The second-order valence-electron chi connectivity index (χ2n) is 7.05. The maximum Gasteiger partial charge on any atom is 0.412 e. The van der Waals surface area contributed by atoms with E-state index in [2.05, 4.69) is 10.6 Å². The van der Waals surface area contributed by atoms with E-state index in [1.54, 1.807) is 45.0 Å². The van der Waals surface area contributed by atoms with Crippen LogP contribution in [0.5, 0.6) is 0 Å². The van der Waals surface area contributed by atoms with Crippen LogP contribution in [0.2, 0.25) is 0 Å². The first-order valence-electron chi connectivity index (χ1n) is 8.75. The monoisotopic (exact) mass is 388 g/mol. The SMILES string of the molecule is C[C@H](OC(=O)c1cccc(NC(=O)OC(C)(C)C)c1)C(=O)NCc1ccco1. The molecule has 2 rings (SSSR count). The number of hydrogen-bond donors (Lipinski definition) is 2. The number of ether oxygens (including phenoxy) is 2. The van der Waals surface area contributed by atoms with Gasteiger partial charge in [0.2, 0.25) is 0 Å². The van der Waals surface area contributed by atoms with Crippen LogP contribution in [0.1, 0.15) is 43.8 Å². The van der Waals surface area contributed by atoms with Gasteiger partial charge in [0.25, 0.3) is 5.91 Å². The minimum atomic E-state index is -0.995. The maximum atomic E-state index is 12.3. The van der Waals surface area contributed by atoms with Crippen LogP contribution >= 0.6 is 0 Å². The van der Waals surface area contributed by atoms with Gasteiger partial charge in [-0.05, 0) is 58.0 Å². The van der Waals surface area contributed by atoms with E-state index < -0.39 is 29.7 Å². The minimum Gasteiger partial charge on any atom is -0.467 e. The summed E-state index contributed by atoms with van der Waals surface area (Å²) in [4.78, 5) is 36.2. The number of nitrogens with one attached hydrogen (secondary N) is 2. The van der Waals surface area contributed by atoms with Crippen LogP contribution in [0.25, 0.3) is 0 Å². The molecule has 0 aliphatic carbocycles. The fourth-order valence-electron chi connectivity index (χ4n) is 2.16. The van der Waals surface area contributed by atoms with E-state index in [1.165, 1.54) is 25.3 Å². The lowest BCUT2D eigenvalue weighted by atomic mass is 10.2. The Morgan fingerprint density at radius 3 is 2.54 bits per heavy atom. The fourth-order valence-corrected chi connectivity index (χ4v) is 2.16. The Bertz CT molecular complexity index is 823. The van der Waals surface area contributed by atoms with Gasteiger partial charge < -0.3 is 19.2 Å². The van der Waals surface area contributed by atoms with E-state index in [9.17, 15) is 14.4 Å². The highest BCUT2D eigenvalue weighted by Gasteiger charge is 2.20. The number of benzene rings is 1. The molecule has 0 fully saturated rings. The van der Waals surface area contributed by atoms with Crippen molar-refractivity contribution >= 4 is 23.7 Å². The molecule has 0 bridgehead atoms. The number of hydrogen-bond acceptors (Lipinski definition) is 6. The average molecular weight is 388 g/mol. The molecule has 1 aromatic heterocycles. The third-order valence-corrected chi connectivity index (χ3v) is 3.41. The zero-order valence-corrected chi connectivity index (χ0v) is 16.3. The second-order valence-corrected chi connectivity index (χ2v) is 7.05. The molecular formula is C20H24N2O6. The van der Waals surface area contributed by atoms with Crippen LogP contribution < -0.4 is 10.6 Å². The Kier molecular flexibility index (Phi) is 6.81. The zero-order chi connectivity index (χ0) is 20.7. The highest BCUT2D eigenvalue weighted by Crippen LogP contribution is 2.15. The van der Waals surface area contributed by atoms with Crippen molar-refractivity contribution in [1.29, 1.82) is 0 Å². The van der Waals surface area contributed by atoms with Crippen molar-refractivity contribution in [3.8, 4) is 0 Å². The van der Waals surface area contributed by atoms with Crippen LogP contribution in [0.4, 0.5) is 10.5 Å². The molecule has 150 valence electrons. The molecule has 1 aromatic carbocycles. The van der Waals surface area contributed by atoms with Gasteiger partial charge in [0, 0.05) is 5.69 Å². The van der Waals surface area contributed by atoms with Crippen LogP contribution in [0, 0.1) is 0 Å². The summed E-state index contributed by atoms with van der Waals surface area (Å²) in [7, 11) is 0. The topological polar surface area (TPSA) is 107 Å². The molecule has 0 saturated heterocycles. The molecule has 1 heterocycles. The molecule has 0 unspecified atom stereocenters. The fraction of sp³-hybridized carbons (Fsp3) is 0.350. The van der Waals surface area contributed by atoms with E-state index in [0.29, 0.717) is 11.4 Å². The van der Waals surface area contributed by atoms with E-state index in [0.717, 1.165) is 0 Å². The van der Waals surface area contributed by atoms with Crippen molar-refractivity contribution in [3.05, 3.63) is 54.0 Å². The summed E-state index contributed by atoms with van der Waals surface area (Å²) in [6, 6.07) is 9.60. The average Bonchev–Trinajstić information content (AvgIpc) is 3.11. The number of esters is 1. The lowest BCUT2D eigenvalue weighted by molar-refractivity contribution is -0.129. The Morgan fingerprint density at radius 2 is 1.89 bits per heavy atom. The van der Waals surface area contributed by atoms with Gasteiger partial charge in [0.15, 0.2) is 6.10 Å². The van der Waals surface area contributed by atoms with Crippen molar-refractivity contribution in [1.82, 2.24) is 5.32 Å². The zero-order valence-electron chi connectivity index (χ0n) is 16.3. The smallest absolute Gasteiger partial charge is 0.412 e. The van der Waals surface area contributed by atoms with Gasteiger partial charge in [0.05, 0.1) is 18.4 Å². The molecule has 0 aliphatic heterocycles. The Morgan fingerprint density at radius 1 is 1.14 bits per heavy atom. The molecule has 2 N–H and O–H groups in total. The normalized spacial score (nSPS) is 12.0. The molecule has 0 spiro atoms. The number of carbonyl (C=O) groups is 3. The van der Waals surface area contributed by atoms with Crippen molar-refractivity contribution in [3.63, 3.8) is 0 Å². The minimum absolute atomic E-state index is 0.194. The highest BCUT2D eigenvalue weighted by atomic mass is 16.6. The van der Waals surface area contributed by atoms with Gasteiger partial charge in [-0.2, -0.15) is 0 Å². The van der Waals surface area contributed by atoms with E-state index in [4.69, 9.17) is 13.9 Å². The maximum absolute atomic E-state index is 12.3. The summed E-state index contributed by atoms with van der Waals surface area (Å²) >= 11 is 0. The van der Waals surface area contributed by atoms with Gasteiger partial charge in [-0.1, -0.05) is 6.07 Å². The number of anilines is 1. The molecule has 1 atom stereocenters. The quantitative estimate of drug-likeness (QED) is 0.734. The van der Waals surface area contributed by atoms with Gasteiger partial charge in [-0.15, -0.1) is 0 Å². The van der Waals surface area contributed by atoms with Gasteiger partial charge in [-0.3, -0.25) is 10.1 Å². The van der Waals surface area contributed by atoms with Gasteiger partial charge >= 0.3 is 12.1 Å². The summed E-state index contributed by atoms with van der Waals surface area (Å²) in [6.07, 6.45) is -0.128. The first kappa shape index (κ1) is 21.0. The Hall–Kier alpha value is -3.29. The van der Waals surface area contributed by atoms with Crippen molar-refractivity contribution in [2.75, 3.05) is 5.32 Å². The van der Waals surface area contributed by atoms with E-state index in [-0.39, 0.29) is 12.1 Å². The first-order valence-corrected chi connectivity index (χ1v) is 8.75. The molecular weight excluding hydrogens is 364 g/mol. The molecule has 8 heteroatoms. The lowest BCUT2D eigenvalue weighted by Gasteiger charge is -2.19. The first-order chi connectivity index (χ1) is 13.1. The van der Waals surface area contributed by atoms with Crippen LogP contribution in [-0.4, -0.2) is 29.7 Å². The van der Waals surface area contributed by atoms with Crippen LogP contribution in [0.15, 0.2) is 47.1 Å². The lowest BCUT2D eigenvalue weighted by Crippen LogP contribution is -2.35. The molecule has 0 radical (unpaired) electrons. The molecule has 0 saturated carbocycles. The standard InChI is InChI=1S/C20H24N2O6/c1-13(17(23)21-12-16-9-6-10-26-16)27-18(24)14-7-5-8-15(11-14)22-19(25)28-20(2,3)4/h5-11,13H,12H2,1-4H3,(H,21,23)(H,22,25)/t13-/m0/s1. The highest BCUT2D eigenvalue weighted by molar-refractivity contribution is 5.94. The third-order valence-electron chi connectivity index (χ3n) is 3.41. The third kappa shape index (κ3) is 6.79. The number of rotatable bonds is 6. The second kappa shape index (κ2) is 9.07. The summed E-state index contributed by atoms with van der Waals surface area (Å²) in [5.41, 5.74) is -0.0723. The molecule has 2 aromatic rings. The van der Waals surface area contributed by atoms with Crippen molar-refractivity contribution in [2.24, 2.45) is 0 Å². The van der Waals surface area contributed by atoms with Gasteiger partial charge in [-0.25, -0.2) is 9.59 Å². The van der Waals surface area contributed by atoms with Crippen LogP contribution in [-0.2, 0) is 20.8 Å². The Balaban J connectivity index is 1.90. The van der Waals surface area contributed by atoms with E-state index >= 15 is 0 Å². The summed E-state index contributed by atoms with van der Waals surface area (Å²) in [5.74, 6) is -0.547. The molecule has 8 nitrogen and oxygen atoms in total. The number of amides is 2. The summed E-state index contributed by atoms with van der Waals surface area (Å²) in [5, 5.41) is 5.16.